The molecule has 4 nitrogen and oxygen atoms in total. The highest BCUT2D eigenvalue weighted by Gasteiger charge is 2.64. The Kier molecular flexibility index (Phi) is 6.78. The minimum atomic E-state index is -5.00. The first-order chi connectivity index (χ1) is 10.8. The van der Waals surface area contributed by atoms with Crippen molar-refractivity contribution in [2.45, 2.75) is 31.2 Å². The van der Waals surface area contributed by atoms with Gasteiger partial charge in [-0.1, -0.05) is 43.3 Å². The Bertz CT molecular complexity index is 528. The molecule has 23 heavy (non-hydrogen) atoms. The molecule has 1 aromatic carbocycles. The minimum absolute atomic E-state index is 0.259. The summed E-state index contributed by atoms with van der Waals surface area (Å²) < 4.78 is 50.5. The molecule has 0 bridgehead atoms. The van der Waals surface area contributed by atoms with Gasteiger partial charge in [0.1, 0.15) is 6.10 Å². The van der Waals surface area contributed by atoms with Gasteiger partial charge in [-0.25, -0.2) is 4.79 Å². The van der Waals surface area contributed by atoms with Crippen molar-refractivity contribution in [3.05, 3.63) is 48.0 Å². The molecule has 0 saturated heterocycles. The van der Waals surface area contributed by atoms with Gasteiger partial charge in [0.2, 0.25) is 0 Å². The van der Waals surface area contributed by atoms with Crippen LogP contribution in [-0.4, -0.2) is 37.1 Å². The Morgan fingerprint density at radius 2 is 1.91 bits per heavy atom. The van der Waals surface area contributed by atoms with E-state index in [4.69, 9.17) is 9.84 Å². The van der Waals surface area contributed by atoms with Crippen molar-refractivity contribution in [2.75, 3.05) is 13.7 Å². The maximum absolute atomic E-state index is 13.6. The lowest BCUT2D eigenvalue weighted by atomic mass is 9.92. The predicted octanol–water partition coefficient (Wildman–Crippen LogP) is 2.96. The maximum atomic E-state index is 13.6. The van der Waals surface area contributed by atoms with E-state index in [2.05, 4.69) is 4.74 Å². The molecule has 0 heterocycles. The summed E-state index contributed by atoms with van der Waals surface area (Å²) in [6, 6.07) is 6.60. The van der Waals surface area contributed by atoms with Gasteiger partial charge in [-0.05, 0) is 12.5 Å². The molecule has 0 fully saturated rings. The van der Waals surface area contributed by atoms with E-state index in [0.29, 0.717) is 0 Å². The third-order valence-corrected chi connectivity index (χ3v) is 3.29. The fourth-order valence-corrected chi connectivity index (χ4v) is 2.08. The topological polar surface area (TPSA) is 55.8 Å². The third-order valence-electron chi connectivity index (χ3n) is 3.29. The molecule has 0 aliphatic heterocycles. The van der Waals surface area contributed by atoms with E-state index in [1.807, 2.05) is 0 Å². The van der Waals surface area contributed by atoms with E-state index in [1.165, 1.54) is 30.4 Å². The second-order valence-corrected chi connectivity index (χ2v) is 4.71. The number of hydrogen-bond donors (Lipinski definition) is 1. The molecule has 0 amide bonds. The van der Waals surface area contributed by atoms with E-state index < -0.39 is 23.9 Å². The average Bonchev–Trinajstić information content (AvgIpc) is 2.52. The maximum Gasteiger partial charge on any atom is 0.432 e. The summed E-state index contributed by atoms with van der Waals surface area (Å²) in [6.45, 7) is 1.34. The minimum Gasteiger partial charge on any atom is -0.455 e. The molecule has 1 N–H and O–H groups in total. The quantitative estimate of drug-likeness (QED) is 0.616. The van der Waals surface area contributed by atoms with Crippen LogP contribution in [-0.2, 0) is 19.9 Å². The summed E-state index contributed by atoms with van der Waals surface area (Å²) in [7, 11) is 0.812. The van der Waals surface area contributed by atoms with Crippen LogP contribution in [0.5, 0.6) is 0 Å². The lowest BCUT2D eigenvalue weighted by Gasteiger charge is -2.33. The molecule has 7 heteroatoms. The second-order valence-electron chi connectivity index (χ2n) is 4.71. The van der Waals surface area contributed by atoms with Crippen LogP contribution in [0.25, 0.3) is 0 Å². The molecule has 1 aromatic rings. The number of hydrogen-bond acceptors (Lipinski definition) is 4. The summed E-state index contributed by atoms with van der Waals surface area (Å²) in [6.07, 6.45) is -3.00. The molecule has 0 aliphatic carbocycles. The first-order valence-electron chi connectivity index (χ1n) is 6.99. The van der Waals surface area contributed by atoms with E-state index in [1.54, 1.807) is 6.92 Å². The van der Waals surface area contributed by atoms with E-state index in [9.17, 15) is 18.0 Å². The van der Waals surface area contributed by atoms with Gasteiger partial charge < -0.3 is 14.6 Å². The van der Waals surface area contributed by atoms with Crippen LogP contribution in [0, 0.1) is 0 Å². The van der Waals surface area contributed by atoms with E-state index >= 15 is 0 Å². The summed E-state index contributed by atoms with van der Waals surface area (Å²) >= 11 is 0. The molecule has 0 saturated carbocycles. The average molecular weight is 332 g/mol. The van der Waals surface area contributed by atoms with Crippen molar-refractivity contribution in [1.29, 1.82) is 0 Å². The number of esters is 1. The molecule has 1 unspecified atom stereocenters. The van der Waals surface area contributed by atoms with Gasteiger partial charge in [0.05, 0.1) is 6.61 Å². The van der Waals surface area contributed by atoms with E-state index in [0.717, 1.165) is 19.2 Å². The highest BCUT2D eigenvalue weighted by atomic mass is 19.4. The highest BCUT2D eigenvalue weighted by Crippen LogP contribution is 2.43. The van der Waals surface area contributed by atoms with Crippen molar-refractivity contribution in [3.8, 4) is 0 Å². The normalized spacial score (nSPS) is 16.1. The zero-order valence-corrected chi connectivity index (χ0v) is 12.8. The molecule has 0 spiro atoms. The van der Waals surface area contributed by atoms with Gasteiger partial charge in [-0.3, -0.25) is 0 Å². The molecule has 2 atom stereocenters. The van der Waals surface area contributed by atoms with Gasteiger partial charge >= 0.3 is 12.1 Å². The zero-order chi connectivity index (χ0) is 17.5. The number of carbonyl (C=O) groups excluding carboxylic acids is 1. The lowest BCUT2D eigenvalue weighted by Crippen LogP contribution is -2.52. The van der Waals surface area contributed by atoms with Crippen molar-refractivity contribution < 1.29 is 32.5 Å². The fraction of sp³-hybridized carbons (Fsp3) is 0.438. The number of carbonyl (C=O) groups is 1. The molecular formula is C16H19F3O4. The number of alkyl halides is 3. The predicted molar refractivity (Wildman–Crippen MR) is 77.6 cm³/mol. The summed E-state index contributed by atoms with van der Waals surface area (Å²) in [5, 5.41) is 8.73. The largest absolute Gasteiger partial charge is 0.455 e. The van der Waals surface area contributed by atoms with Crippen LogP contribution in [0.3, 0.4) is 0 Å². The monoisotopic (exact) mass is 332 g/mol. The zero-order valence-electron chi connectivity index (χ0n) is 12.8. The van der Waals surface area contributed by atoms with Crippen LogP contribution in [0.4, 0.5) is 13.2 Å². The number of aliphatic hydroxyl groups is 1. The Morgan fingerprint density at radius 3 is 2.35 bits per heavy atom. The van der Waals surface area contributed by atoms with Gasteiger partial charge in [-0.2, -0.15) is 13.2 Å². The summed E-state index contributed by atoms with van der Waals surface area (Å²) in [5.74, 6) is -1.55. The SMILES string of the molecule is CC[C@H](/C=C\CO)OC(=O)C(OC)(c1ccccc1)C(F)(F)F. The van der Waals surface area contributed by atoms with Crippen LogP contribution < -0.4 is 0 Å². The summed E-state index contributed by atoms with van der Waals surface area (Å²) in [4.78, 5) is 12.3. The molecule has 0 aliphatic rings. The molecule has 0 aromatic heterocycles. The standard InChI is InChI=1S/C16H19F3O4/c1-3-13(10-7-11-20)23-14(21)15(22-2,16(17,18)19)12-8-5-4-6-9-12/h4-10,13,20H,3,11H2,1-2H3/b10-7-/t13-,15?/m1/s1. The number of ether oxygens (including phenoxy) is 2. The molecule has 0 radical (unpaired) electrons. The van der Waals surface area contributed by atoms with Crippen LogP contribution in [0.1, 0.15) is 18.9 Å². The van der Waals surface area contributed by atoms with Crippen LogP contribution in [0.15, 0.2) is 42.5 Å². The van der Waals surface area contributed by atoms with Crippen molar-refractivity contribution in [3.63, 3.8) is 0 Å². The number of rotatable bonds is 7. The highest BCUT2D eigenvalue weighted by molar-refractivity contribution is 5.83. The number of methoxy groups -OCH3 is 1. The van der Waals surface area contributed by atoms with Gasteiger partial charge in [-0.15, -0.1) is 0 Å². The Balaban J connectivity index is 3.25. The first-order valence-corrected chi connectivity index (χ1v) is 6.99. The molecule has 128 valence electrons. The Hall–Kier alpha value is -1.86. The molecule has 1 rings (SSSR count). The van der Waals surface area contributed by atoms with Crippen LogP contribution in [0.2, 0.25) is 0 Å². The Labute approximate surface area is 132 Å². The van der Waals surface area contributed by atoms with Crippen molar-refractivity contribution in [1.82, 2.24) is 0 Å². The number of halogens is 3. The number of aliphatic hydroxyl groups excluding tert-OH is 1. The van der Waals surface area contributed by atoms with Crippen molar-refractivity contribution >= 4 is 5.97 Å². The third kappa shape index (κ3) is 4.11. The smallest absolute Gasteiger partial charge is 0.432 e. The fourth-order valence-electron chi connectivity index (χ4n) is 2.08. The second kappa shape index (κ2) is 8.12. The summed E-state index contributed by atoms with van der Waals surface area (Å²) in [5.41, 5.74) is -3.56. The van der Waals surface area contributed by atoms with Crippen LogP contribution >= 0.6 is 0 Å². The first kappa shape index (κ1) is 19.2. The Morgan fingerprint density at radius 1 is 1.30 bits per heavy atom. The van der Waals surface area contributed by atoms with Gasteiger partial charge in [0, 0.05) is 12.7 Å². The molecular weight excluding hydrogens is 313 g/mol. The van der Waals surface area contributed by atoms with Gasteiger partial charge in [0.25, 0.3) is 5.60 Å². The van der Waals surface area contributed by atoms with Crippen molar-refractivity contribution in [2.24, 2.45) is 0 Å². The number of benzene rings is 1. The lowest BCUT2D eigenvalue weighted by molar-refractivity contribution is -0.277. The van der Waals surface area contributed by atoms with E-state index in [-0.39, 0.29) is 18.6 Å². The van der Waals surface area contributed by atoms with Gasteiger partial charge in [0.15, 0.2) is 0 Å².